The maximum Gasteiger partial charge on any atom is 0.331 e. The molecule has 4 bridgehead atoms. The summed E-state index contributed by atoms with van der Waals surface area (Å²) in [6.07, 6.45) is 6.53. The second-order valence-electron chi connectivity index (χ2n) is 12.5. The number of carbonyl (C=O) groups is 3. The Balaban J connectivity index is 1.59. The molecule has 7 aliphatic rings. The fourth-order valence-electron chi connectivity index (χ4n) is 10.3. The summed E-state index contributed by atoms with van der Waals surface area (Å²) in [6, 6.07) is 0. The van der Waals surface area contributed by atoms with Crippen molar-refractivity contribution in [1.29, 1.82) is 0 Å². The van der Waals surface area contributed by atoms with Gasteiger partial charge in [0.05, 0.1) is 23.5 Å². The Morgan fingerprint density at radius 2 is 1.74 bits per heavy atom. The molecule has 5 saturated carbocycles. The Kier molecular flexibility index (Phi) is 3.19. The molecule has 0 aromatic rings. The van der Waals surface area contributed by atoms with Gasteiger partial charge in [0.25, 0.3) is 0 Å². The van der Waals surface area contributed by atoms with Crippen LogP contribution in [0.1, 0.15) is 66.7 Å². The SMILES string of the molecule is CC1(C)OC(=O)C=C[C@]12CC[C@@]13C[C@@]4(C)CC5C(=O)OC[C@]51[C@@](C)(C[C@H]3[C@@]2(C)O)C4=O. The van der Waals surface area contributed by atoms with Crippen molar-refractivity contribution in [2.75, 3.05) is 6.61 Å². The fourth-order valence-corrected chi connectivity index (χ4v) is 10.3. The second kappa shape index (κ2) is 4.95. The number of hydrogen-bond donors (Lipinski definition) is 1. The molecule has 0 aromatic heterocycles. The van der Waals surface area contributed by atoms with Crippen molar-refractivity contribution in [2.24, 2.45) is 38.9 Å². The Labute approximate surface area is 182 Å². The highest BCUT2D eigenvalue weighted by Crippen LogP contribution is 2.86. The third-order valence-corrected chi connectivity index (χ3v) is 11.4. The number of rotatable bonds is 0. The van der Waals surface area contributed by atoms with Gasteiger partial charge in [-0.05, 0) is 64.2 Å². The van der Waals surface area contributed by atoms with E-state index in [9.17, 15) is 19.5 Å². The van der Waals surface area contributed by atoms with Crippen LogP contribution >= 0.6 is 0 Å². The van der Waals surface area contributed by atoms with Gasteiger partial charge in [0, 0.05) is 22.3 Å². The van der Waals surface area contributed by atoms with Crippen LogP contribution in [0.2, 0.25) is 0 Å². The smallest absolute Gasteiger partial charge is 0.331 e. The van der Waals surface area contributed by atoms with Gasteiger partial charge in [0.15, 0.2) is 0 Å². The molecule has 0 amide bonds. The van der Waals surface area contributed by atoms with Crippen LogP contribution in [0.25, 0.3) is 0 Å². The molecule has 5 aliphatic carbocycles. The highest BCUT2D eigenvalue weighted by atomic mass is 16.6. The molecule has 1 saturated heterocycles. The largest absolute Gasteiger partial charge is 0.465 e. The van der Waals surface area contributed by atoms with Gasteiger partial charge in [-0.25, -0.2) is 4.79 Å². The molecule has 2 aliphatic heterocycles. The number of ether oxygens (including phenoxy) is 2. The average Bonchev–Trinajstić information content (AvgIpc) is 3.09. The minimum absolute atomic E-state index is 0.170. The van der Waals surface area contributed by atoms with E-state index < -0.39 is 32.9 Å². The van der Waals surface area contributed by atoms with Crippen LogP contribution in [0, 0.1) is 38.9 Å². The first-order chi connectivity index (χ1) is 14.2. The van der Waals surface area contributed by atoms with Crippen molar-refractivity contribution >= 4 is 17.7 Å². The van der Waals surface area contributed by atoms with Gasteiger partial charge in [-0.1, -0.05) is 19.9 Å². The van der Waals surface area contributed by atoms with E-state index in [2.05, 4.69) is 0 Å². The molecule has 8 atom stereocenters. The number of esters is 2. The van der Waals surface area contributed by atoms with Crippen molar-refractivity contribution in [3.05, 3.63) is 12.2 Å². The zero-order valence-corrected chi connectivity index (χ0v) is 19.0. The third-order valence-electron chi connectivity index (χ3n) is 11.4. The van der Waals surface area contributed by atoms with Crippen molar-refractivity contribution in [2.45, 2.75) is 77.9 Å². The lowest BCUT2D eigenvalue weighted by Gasteiger charge is -2.70. The van der Waals surface area contributed by atoms with Gasteiger partial charge >= 0.3 is 11.9 Å². The number of ketones is 1. The summed E-state index contributed by atoms with van der Waals surface area (Å²) in [7, 11) is 0. The van der Waals surface area contributed by atoms with E-state index in [0.717, 1.165) is 6.42 Å². The summed E-state index contributed by atoms with van der Waals surface area (Å²) in [5, 5.41) is 12.4. The van der Waals surface area contributed by atoms with Gasteiger partial charge < -0.3 is 14.6 Å². The van der Waals surface area contributed by atoms with Crippen molar-refractivity contribution in [1.82, 2.24) is 0 Å². The van der Waals surface area contributed by atoms with Gasteiger partial charge in [-0.15, -0.1) is 0 Å². The van der Waals surface area contributed by atoms with E-state index in [1.54, 1.807) is 0 Å². The lowest BCUT2D eigenvalue weighted by molar-refractivity contribution is -0.266. The van der Waals surface area contributed by atoms with E-state index in [1.807, 2.05) is 40.7 Å². The molecule has 0 radical (unpaired) electrons. The maximum atomic E-state index is 13.9. The summed E-state index contributed by atoms with van der Waals surface area (Å²) < 4.78 is 11.5. The molecule has 168 valence electrons. The van der Waals surface area contributed by atoms with E-state index >= 15 is 0 Å². The van der Waals surface area contributed by atoms with Gasteiger partial charge in [-0.2, -0.15) is 0 Å². The van der Waals surface area contributed by atoms with E-state index in [4.69, 9.17) is 9.47 Å². The zero-order chi connectivity index (χ0) is 22.5. The lowest BCUT2D eigenvalue weighted by Crippen LogP contribution is -2.73. The van der Waals surface area contributed by atoms with Crippen LogP contribution in [0.4, 0.5) is 0 Å². The second-order valence-corrected chi connectivity index (χ2v) is 12.5. The summed E-state index contributed by atoms with van der Waals surface area (Å²) in [5.41, 5.74) is -5.01. The molecule has 6 heteroatoms. The van der Waals surface area contributed by atoms with Crippen molar-refractivity contribution in [3.8, 4) is 0 Å². The molecular formula is C25H32O6. The number of cyclic esters (lactones) is 2. The number of carbonyl (C=O) groups excluding carboxylic acids is 3. The zero-order valence-electron chi connectivity index (χ0n) is 19.0. The molecule has 2 heterocycles. The molecule has 0 aromatic carbocycles. The van der Waals surface area contributed by atoms with Gasteiger partial charge in [0.1, 0.15) is 11.4 Å². The van der Waals surface area contributed by atoms with Crippen LogP contribution in [0.3, 0.4) is 0 Å². The molecular weight excluding hydrogens is 396 g/mol. The third kappa shape index (κ3) is 1.67. The Bertz CT molecular complexity index is 994. The maximum absolute atomic E-state index is 13.9. The molecule has 6 fully saturated rings. The topological polar surface area (TPSA) is 89.9 Å². The lowest BCUT2D eigenvalue weighted by atomic mass is 9.32. The predicted octanol–water partition coefficient (Wildman–Crippen LogP) is 2.96. The van der Waals surface area contributed by atoms with Crippen LogP contribution in [-0.2, 0) is 23.9 Å². The monoisotopic (exact) mass is 428 g/mol. The molecule has 1 unspecified atom stereocenters. The number of hydrogen-bond acceptors (Lipinski definition) is 6. The van der Waals surface area contributed by atoms with Crippen LogP contribution < -0.4 is 0 Å². The molecule has 7 rings (SSSR count). The van der Waals surface area contributed by atoms with E-state index in [-0.39, 0.29) is 41.6 Å². The normalized spacial score (nSPS) is 58.2. The van der Waals surface area contributed by atoms with Gasteiger partial charge in [-0.3, -0.25) is 9.59 Å². The standard InChI is InChI=1S/C25H32O6/c1-19(2)24(7-6-16(26)31-19)9-8-23-12-20(3)10-14-17(27)30-13-25(14,23)21(4,18(20)28)11-15(23)22(24,5)29/h6-7,14-15,29H,8-13H2,1-5H3/t14?,15-,20+,21-,22+,23-,24-,25+/m0/s1. The molecule has 1 N–H and O–H groups in total. The average molecular weight is 429 g/mol. The molecule has 3 spiro atoms. The first-order valence-electron chi connectivity index (χ1n) is 11.6. The molecule has 6 nitrogen and oxygen atoms in total. The van der Waals surface area contributed by atoms with Crippen LogP contribution in [-0.4, -0.2) is 40.6 Å². The van der Waals surface area contributed by atoms with Gasteiger partial charge in [0.2, 0.25) is 0 Å². The van der Waals surface area contributed by atoms with E-state index in [0.29, 0.717) is 25.7 Å². The van der Waals surface area contributed by atoms with E-state index in [1.165, 1.54) is 6.08 Å². The van der Waals surface area contributed by atoms with Crippen molar-refractivity contribution in [3.63, 3.8) is 0 Å². The number of Topliss-reactive ketones (excluding diaryl/α,β-unsaturated/α-hetero) is 1. The Morgan fingerprint density at radius 3 is 2.42 bits per heavy atom. The first kappa shape index (κ1) is 20.0. The minimum atomic E-state index is -1.21. The fraction of sp³-hybridized carbons (Fsp3) is 0.800. The van der Waals surface area contributed by atoms with Crippen LogP contribution in [0.5, 0.6) is 0 Å². The Hall–Kier alpha value is -1.69. The summed E-state index contributed by atoms with van der Waals surface area (Å²) in [6.45, 7) is 9.97. The highest BCUT2D eigenvalue weighted by molar-refractivity contribution is 5.97. The van der Waals surface area contributed by atoms with Crippen molar-refractivity contribution < 1.29 is 29.0 Å². The summed E-state index contributed by atoms with van der Waals surface area (Å²) in [4.78, 5) is 38.9. The summed E-state index contributed by atoms with van der Waals surface area (Å²) in [5.74, 6) is -0.793. The highest BCUT2D eigenvalue weighted by Gasteiger charge is 2.89. The number of aliphatic hydroxyl groups is 1. The predicted molar refractivity (Wildman–Crippen MR) is 109 cm³/mol. The molecule has 31 heavy (non-hydrogen) atoms. The Morgan fingerprint density at radius 1 is 1.03 bits per heavy atom. The minimum Gasteiger partial charge on any atom is -0.465 e. The quantitative estimate of drug-likeness (QED) is 0.597. The first-order valence-corrected chi connectivity index (χ1v) is 11.6. The van der Waals surface area contributed by atoms with Crippen LogP contribution in [0.15, 0.2) is 12.2 Å². The summed E-state index contributed by atoms with van der Waals surface area (Å²) >= 11 is 0.